The predicted octanol–water partition coefficient (Wildman–Crippen LogP) is 1.24. The van der Waals surface area contributed by atoms with Gasteiger partial charge in [-0.15, -0.1) is 0 Å². The van der Waals surface area contributed by atoms with Gasteiger partial charge in [0.2, 0.25) is 5.91 Å². The third-order valence-corrected chi connectivity index (χ3v) is 4.21. The van der Waals surface area contributed by atoms with Gasteiger partial charge in [-0.3, -0.25) is 9.59 Å². The highest BCUT2D eigenvalue weighted by Crippen LogP contribution is 2.32. The molecule has 0 saturated carbocycles. The topological polar surface area (TPSA) is 106 Å². The van der Waals surface area contributed by atoms with Crippen LogP contribution in [0.4, 0.5) is 13.2 Å². The minimum atomic E-state index is -5.66. The van der Waals surface area contributed by atoms with E-state index in [1.807, 2.05) is 0 Å². The molecule has 0 fully saturated rings. The number of benzene rings is 1. The summed E-state index contributed by atoms with van der Waals surface area (Å²) < 4.78 is 60.2. The maximum Gasteiger partial charge on any atom is 0.501 e. The van der Waals surface area contributed by atoms with Gasteiger partial charge in [-0.05, 0) is 25.1 Å². The maximum absolute atomic E-state index is 12.5. The van der Waals surface area contributed by atoms with Crippen molar-refractivity contribution in [1.82, 2.24) is 5.32 Å². The van der Waals surface area contributed by atoms with E-state index in [0.717, 1.165) is 6.07 Å². The van der Waals surface area contributed by atoms with Crippen LogP contribution in [0.1, 0.15) is 17.3 Å². The van der Waals surface area contributed by atoms with Crippen molar-refractivity contribution < 1.29 is 31.2 Å². The summed E-state index contributed by atoms with van der Waals surface area (Å²) in [6.07, 6.45) is 0. The van der Waals surface area contributed by atoms with E-state index in [9.17, 15) is 31.2 Å². The molecule has 0 aliphatic heterocycles. The van der Waals surface area contributed by atoms with Crippen molar-refractivity contribution in [3.63, 3.8) is 0 Å². The van der Waals surface area contributed by atoms with Gasteiger partial charge in [0, 0.05) is 10.6 Å². The predicted molar refractivity (Wildman–Crippen MR) is 70.8 cm³/mol. The van der Waals surface area contributed by atoms with Gasteiger partial charge in [0.25, 0.3) is 15.7 Å². The van der Waals surface area contributed by atoms with Crippen molar-refractivity contribution in [2.75, 3.05) is 0 Å². The number of hydrogen-bond acceptors (Lipinski definition) is 4. The molecule has 122 valence electrons. The molecule has 0 saturated heterocycles. The van der Waals surface area contributed by atoms with E-state index in [4.69, 9.17) is 17.3 Å². The number of carbonyl (C=O) groups excluding carboxylic acids is 2. The molecular weight excluding hydrogens is 349 g/mol. The summed E-state index contributed by atoms with van der Waals surface area (Å²) in [6, 6.07) is 0.935. The third kappa shape index (κ3) is 3.89. The smallest absolute Gasteiger partial charge is 0.368 e. The molecule has 0 heterocycles. The second kappa shape index (κ2) is 6.13. The molecule has 0 aromatic heterocycles. The number of alkyl halides is 3. The highest BCUT2D eigenvalue weighted by Gasteiger charge is 2.47. The van der Waals surface area contributed by atoms with Gasteiger partial charge in [-0.25, -0.2) is 8.42 Å². The molecule has 11 heteroatoms. The first-order valence-electron chi connectivity index (χ1n) is 5.58. The van der Waals surface area contributed by atoms with Crippen LogP contribution in [0.15, 0.2) is 23.1 Å². The Kier molecular flexibility index (Phi) is 5.08. The number of hydrogen-bond donors (Lipinski definition) is 2. The fraction of sp³-hybridized carbons (Fsp3) is 0.273. The van der Waals surface area contributed by atoms with Crippen molar-refractivity contribution in [2.24, 2.45) is 5.73 Å². The van der Waals surface area contributed by atoms with Crippen molar-refractivity contribution in [2.45, 2.75) is 23.4 Å². The van der Waals surface area contributed by atoms with E-state index in [-0.39, 0.29) is 5.02 Å². The lowest BCUT2D eigenvalue weighted by molar-refractivity contribution is -0.119. The zero-order chi connectivity index (χ0) is 17.3. The fourth-order valence-electron chi connectivity index (χ4n) is 1.33. The van der Waals surface area contributed by atoms with Crippen LogP contribution in [0, 0.1) is 0 Å². The molecule has 1 aromatic rings. The molecule has 0 aliphatic rings. The van der Waals surface area contributed by atoms with Gasteiger partial charge in [-0.1, -0.05) is 11.6 Å². The Bertz CT molecular complexity index is 719. The maximum atomic E-state index is 12.5. The Hall–Kier alpha value is -1.81. The lowest BCUT2D eigenvalue weighted by atomic mass is 10.2. The van der Waals surface area contributed by atoms with Crippen LogP contribution in [0.5, 0.6) is 0 Å². The van der Waals surface area contributed by atoms with Gasteiger partial charge >= 0.3 is 5.51 Å². The molecule has 1 atom stereocenters. The highest BCUT2D eigenvalue weighted by atomic mass is 35.5. The zero-order valence-electron chi connectivity index (χ0n) is 10.9. The Labute approximate surface area is 128 Å². The van der Waals surface area contributed by atoms with Crippen molar-refractivity contribution in [3.8, 4) is 0 Å². The van der Waals surface area contributed by atoms with Crippen LogP contribution >= 0.6 is 11.6 Å². The number of nitrogens with two attached hydrogens (primary N) is 1. The third-order valence-electron chi connectivity index (χ3n) is 2.52. The molecule has 0 spiro atoms. The molecule has 0 bridgehead atoms. The lowest BCUT2D eigenvalue weighted by Gasteiger charge is -2.12. The molecule has 1 rings (SSSR count). The first-order valence-corrected chi connectivity index (χ1v) is 7.44. The standard InChI is InChI=1S/C11H10ClF3N2O4S/c1-5(9(16)18)17-10(19)6-2-7(12)4-8(3-6)22(20,21)11(13,14)15/h2-5H,1H3,(H2,16,18)(H,17,19)/t5-/m1/s1. The van der Waals surface area contributed by atoms with E-state index in [1.54, 1.807) is 0 Å². The van der Waals surface area contributed by atoms with Crippen LogP contribution in [0.2, 0.25) is 5.02 Å². The summed E-state index contributed by atoms with van der Waals surface area (Å²) >= 11 is 5.55. The average molecular weight is 359 g/mol. The Balaban J connectivity index is 3.27. The summed E-state index contributed by atoms with van der Waals surface area (Å²) in [7, 11) is -5.66. The molecular formula is C11H10ClF3N2O4S. The van der Waals surface area contributed by atoms with E-state index in [2.05, 4.69) is 5.32 Å². The van der Waals surface area contributed by atoms with Crippen LogP contribution in [0.3, 0.4) is 0 Å². The van der Waals surface area contributed by atoms with E-state index in [1.165, 1.54) is 6.92 Å². The van der Waals surface area contributed by atoms with Gasteiger partial charge in [0.15, 0.2) is 0 Å². The highest BCUT2D eigenvalue weighted by molar-refractivity contribution is 7.92. The molecule has 1 aromatic carbocycles. The van der Waals surface area contributed by atoms with Crippen molar-refractivity contribution >= 4 is 33.3 Å². The fourth-order valence-corrected chi connectivity index (χ4v) is 2.46. The monoisotopic (exact) mass is 358 g/mol. The SMILES string of the molecule is C[C@@H](NC(=O)c1cc(Cl)cc(S(=O)(=O)C(F)(F)F)c1)C(N)=O. The summed E-state index contributed by atoms with van der Waals surface area (Å²) in [6.45, 7) is 1.25. The molecule has 0 aliphatic carbocycles. The number of nitrogens with one attached hydrogen (secondary N) is 1. The quantitative estimate of drug-likeness (QED) is 0.844. The largest absolute Gasteiger partial charge is 0.501 e. The van der Waals surface area contributed by atoms with Crippen LogP contribution in [-0.2, 0) is 14.6 Å². The summed E-state index contributed by atoms with van der Waals surface area (Å²) in [5, 5.41) is 1.71. The average Bonchev–Trinajstić information content (AvgIpc) is 2.36. The van der Waals surface area contributed by atoms with Crippen molar-refractivity contribution in [3.05, 3.63) is 28.8 Å². The molecule has 22 heavy (non-hydrogen) atoms. The first-order chi connectivity index (χ1) is 9.86. The number of sulfone groups is 1. The molecule has 2 amide bonds. The molecule has 0 unspecified atom stereocenters. The Morgan fingerprint density at radius 1 is 1.27 bits per heavy atom. The molecule has 0 radical (unpaired) electrons. The van der Waals surface area contributed by atoms with Crippen LogP contribution in [-0.4, -0.2) is 31.8 Å². The summed E-state index contributed by atoms with van der Waals surface area (Å²) in [4.78, 5) is 21.4. The number of carbonyl (C=O) groups is 2. The number of halogens is 4. The number of amides is 2. The first kappa shape index (κ1) is 18.2. The van der Waals surface area contributed by atoms with Gasteiger partial charge in [0.1, 0.15) is 6.04 Å². The summed E-state index contributed by atoms with van der Waals surface area (Å²) in [5.41, 5.74) is -1.07. The zero-order valence-corrected chi connectivity index (χ0v) is 12.5. The molecule has 3 N–H and O–H groups in total. The number of rotatable bonds is 4. The Morgan fingerprint density at radius 2 is 1.82 bits per heavy atom. The molecule has 6 nitrogen and oxygen atoms in total. The van der Waals surface area contributed by atoms with Crippen LogP contribution < -0.4 is 11.1 Å². The summed E-state index contributed by atoms with van der Waals surface area (Å²) in [5.74, 6) is -1.87. The van der Waals surface area contributed by atoms with E-state index in [0.29, 0.717) is 12.1 Å². The Morgan fingerprint density at radius 3 is 2.27 bits per heavy atom. The van der Waals surface area contributed by atoms with Crippen molar-refractivity contribution in [1.29, 1.82) is 0 Å². The van der Waals surface area contributed by atoms with E-state index < -0.39 is 43.7 Å². The van der Waals surface area contributed by atoms with Crippen LogP contribution in [0.25, 0.3) is 0 Å². The number of primary amides is 1. The van der Waals surface area contributed by atoms with Gasteiger partial charge in [-0.2, -0.15) is 13.2 Å². The second-order valence-electron chi connectivity index (χ2n) is 4.22. The second-order valence-corrected chi connectivity index (χ2v) is 6.60. The van der Waals surface area contributed by atoms with Gasteiger partial charge < -0.3 is 11.1 Å². The normalized spacial score (nSPS) is 13.5. The lowest BCUT2D eigenvalue weighted by Crippen LogP contribution is -2.42. The minimum Gasteiger partial charge on any atom is -0.368 e. The minimum absolute atomic E-state index is 0.387. The van der Waals surface area contributed by atoms with E-state index >= 15 is 0 Å². The van der Waals surface area contributed by atoms with Gasteiger partial charge in [0.05, 0.1) is 4.90 Å².